The van der Waals surface area contributed by atoms with Crippen LogP contribution in [-0.4, -0.2) is 45.5 Å². The van der Waals surface area contributed by atoms with E-state index >= 15 is 0 Å². The van der Waals surface area contributed by atoms with Gasteiger partial charge >= 0.3 is 5.97 Å². The molecule has 0 bridgehead atoms. The van der Waals surface area contributed by atoms with Gasteiger partial charge in [-0.1, -0.05) is 0 Å². The molecule has 0 saturated heterocycles. The number of rotatable bonds is 9. The molecule has 0 radical (unpaired) electrons. The summed E-state index contributed by atoms with van der Waals surface area (Å²) in [5.74, 6) is -0.332. The number of carboxylic acids is 1. The molecular weight excluding hydrogens is 264 g/mol. The standard InChI is InChI=1S/C13H20N2O5/c1-9(4-13(18)19)14-2-3-20-12-5-10(7-16)15-11(6-12)8-17/h5-6,9,14,16-17H,2-4,7-8H2,1H3,(H,18,19). The molecule has 0 aromatic carbocycles. The molecule has 1 rings (SSSR count). The summed E-state index contributed by atoms with van der Waals surface area (Å²) in [4.78, 5) is 14.5. The first kappa shape index (κ1) is 16.4. The molecule has 1 unspecified atom stereocenters. The molecule has 1 heterocycles. The molecule has 0 aliphatic carbocycles. The SMILES string of the molecule is CC(CC(=O)O)NCCOc1cc(CO)nc(CO)c1. The lowest BCUT2D eigenvalue weighted by Crippen LogP contribution is -2.32. The van der Waals surface area contributed by atoms with E-state index in [2.05, 4.69) is 10.3 Å². The fraction of sp³-hybridized carbons (Fsp3) is 0.538. The van der Waals surface area contributed by atoms with E-state index in [1.54, 1.807) is 19.1 Å². The Kier molecular flexibility index (Phi) is 6.92. The monoisotopic (exact) mass is 284 g/mol. The molecule has 0 saturated carbocycles. The second kappa shape index (κ2) is 8.47. The minimum absolute atomic E-state index is 0.0541. The molecule has 0 aliphatic heterocycles. The van der Waals surface area contributed by atoms with Crippen LogP contribution in [0.2, 0.25) is 0 Å². The van der Waals surface area contributed by atoms with Gasteiger partial charge in [0.15, 0.2) is 0 Å². The van der Waals surface area contributed by atoms with Crippen molar-refractivity contribution in [3.05, 3.63) is 23.5 Å². The van der Waals surface area contributed by atoms with Crippen LogP contribution in [0.15, 0.2) is 12.1 Å². The Hall–Kier alpha value is -1.70. The number of aliphatic carboxylic acids is 1. The van der Waals surface area contributed by atoms with Gasteiger partial charge < -0.3 is 25.4 Å². The van der Waals surface area contributed by atoms with E-state index in [0.717, 1.165) is 0 Å². The van der Waals surface area contributed by atoms with E-state index in [1.165, 1.54) is 0 Å². The summed E-state index contributed by atoms with van der Waals surface area (Å²) in [6, 6.07) is 3.06. The number of ether oxygens (including phenoxy) is 1. The van der Waals surface area contributed by atoms with Crippen LogP contribution in [0.1, 0.15) is 24.7 Å². The highest BCUT2D eigenvalue weighted by molar-refractivity contribution is 5.67. The van der Waals surface area contributed by atoms with Crippen LogP contribution in [0.25, 0.3) is 0 Å². The lowest BCUT2D eigenvalue weighted by Gasteiger charge is -2.13. The number of nitrogens with zero attached hydrogens (tertiary/aromatic N) is 1. The van der Waals surface area contributed by atoms with Gasteiger partial charge in [-0.3, -0.25) is 9.78 Å². The van der Waals surface area contributed by atoms with Crippen LogP contribution in [0.5, 0.6) is 5.75 Å². The first-order valence-corrected chi connectivity index (χ1v) is 6.34. The molecule has 1 aromatic heterocycles. The lowest BCUT2D eigenvalue weighted by molar-refractivity contribution is -0.137. The van der Waals surface area contributed by atoms with Crippen molar-refractivity contribution in [3.63, 3.8) is 0 Å². The van der Waals surface area contributed by atoms with Gasteiger partial charge in [0.1, 0.15) is 12.4 Å². The average Bonchev–Trinajstić information content (AvgIpc) is 2.42. The number of nitrogens with one attached hydrogen (secondary N) is 1. The first-order chi connectivity index (χ1) is 9.55. The predicted molar refractivity (Wildman–Crippen MR) is 71.3 cm³/mol. The predicted octanol–water partition coefficient (Wildman–Crippen LogP) is -0.102. The number of carboxylic acid groups (broad SMARTS) is 1. The Balaban J connectivity index is 2.39. The third-order valence-electron chi connectivity index (χ3n) is 2.57. The fourth-order valence-corrected chi connectivity index (χ4v) is 1.67. The van der Waals surface area contributed by atoms with Crippen molar-refractivity contribution in [1.82, 2.24) is 10.3 Å². The first-order valence-electron chi connectivity index (χ1n) is 6.34. The van der Waals surface area contributed by atoms with Gasteiger partial charge in [0.05, 0.1) is 31.0 Å². The normalized spacial score (nSPS) is 12.2. The Morgan fingerprint density at radius 1 is 1.35 bits per heavy atom. The summed E-state index contributed by atoms with van der Waals surface area (Å²) in [7, 11) is 0. The molecule has 0 aliphatic rings. The van der Waals surface area contributed by atoms with Gasteiger partial charge in [0.25, 0.3) is 0 Å². The number of carbonyl (C=O) groups is 1. The molecule has 7 heteroatoms. The molecular formula is C13H20N2O5. The van der Waals surface area contributed by atoms with Crippen molar-refractivity contribution in [3.8, 4) is 5.75 Å². The van der Waals surface area contributed by atoms with Gasteiger partial charge in [-0.25, -0.2) is 0 Å². The zero-order chi connectivity index (χ0) is 15.0. The van der Waals surface area contributed by atoms with E-state index in [9.17, 15) is 4.79 Å². The molecule has 0 spiro atoms. The largest absolute Gasteiger partial charge is 0.492 e. The van der Waals surface area contributed by atoms with E-state index in [4.69, 9.17) is 20.1 Å². The molecule has 112 valence electrons. The van der Waals surface area contributed by atoms with Gasteiger partial charge in [-0.2, -0.15) is 0 Å². The molecule has 0 fully saturated rings. The van der Waals surface area contributed by atoms with Crippen LogP contribution in [0.4, 0.5) is 0 Å². The summed E-state index contributed by atoms with van der Waals surface area (Å²) in [6.07, 6.45) is 0.0541. The van der Waals surface area contributed by atoms with E-state index < -0.39 is 5.97 Å². The molecule has 4 N–H and O–H groups in total. The lowest BCUT2D eigenvalue weighted by atomic mass is 10.2. The van der Waals surface area contributed by atoms with Crippen molar-refractivity contribution in [1.29, 1.82) is 0 Å². The Bertz CT molecular complexity index is 417. The van der Waals surface area contributed by atoms with Gasteiger partial charge in [0, 0.05) is 24.7 Å². The van der Waals surface area contributed by atoms with Crippen molar-refractivity contribution in [2.24, 2.45) is 0 Å². The molecule has 7 nitrogen and oxygen atoms in total. The topological polar surface area (TPSA) is 112 Å². The summed E-state index contributed by atoms with van der Waals surface area (Å²) in [5, 5.41) is 29.7. The highest BCUT2D eigenvalue weighted by Crippen LogP contribution is 2.14. The zero-order valence-electron chi connectivity index (χ0n) is 11.4. The quantitative estimate of drug-likeness (QED) is 0.468. The summed E-state index contributed by atoms with van der Waals surface area (Å²) in [5.41, 5.74) is 0.859. The van der Waals surface area contributed by atoms with Crippen molar-refractivity contribution >= 4 is 5.97 Å². The van der Waals surface area contributed by atoms with E-state index in [0.29, 0.717) is 30.3 Å². The maximum Gasteiger partial charge on any atom is 0.304 e. The Morgan fingerprint density at radius 3 is 2.45 bits per heavy atom. The summed E-state index contributed by atoms with van der Waals surface area (Å²) < 4.78 is 5.47. The summed E-state index contributed by atoms with van der Waals surface area (Å²) in [6.45, 7) is 2.19. The minimum atomic E-state index is -0.847. The maximum atomic E-state index is 10.5. The number of aromatic nitrogens is 1. The number of hydrogen-bond donors (Lipinski definition) is 4. The Morgan fingerprint density at radius 2 is 1.95 bits per heavy atom. The second-order valence-electron chi connectivity index (χ2n) is 4.40. The van der Waals surface area contributed by atoms with Crippen molar-refractivity contribution in [2.75, 3.05) is 13.2 Å². The van der Waals surface area contributed by atoms with Gasteiger partial charge in [-0.05, 0) is 6.92 Å². The van der Waals surface area contributed by atoms with Crippen molar-refractivity contribution in [2.45, 2.75) is 32.6 Å². The fourth-order valence-electron chi connectivity index (χ4n) is 1.67. The number of aliphatic hydroxyl groups is 2. The van der Waals surface area contributed by atoms with Crippen LogP contribution < -0.4 is 10.1 Å². The second-order valence-corrected chi connectivity index (χ2v) is 4.40. The van der Waals surface area contributed by atoms with Crippen LogP contribution in [0, 0.1) is 0 Å². The van der Waals surface area contributed by atoms with Gasteiger partial charge in [0.2, 0.25) is 0 Å². The third kappa shape index (κ3) is 5.96. The Labute approximate surface area is 117 Å². The number of pyridine rings is 1. The minimum Gasteiger partial charge on any atom is -0.492 e. The molecule has 0 amide bonds. The van der Waals surface area contributed by atoms with E-state index in [1.807, 2.05) is 0 Å². The van der Waals surface area contributed by atoms with Gasteiger partial charge in [-0.15, -0.1) is 0 Å². The zero-order valence-corrected chi connectivity index (χ0v) is 11.4. The molecule has 1 aromatic rings. The van der Waals surface area contributed by atoms with Crippen LogP contribution >= 0.6 is 0 Å². The molecule has 1 atom stereocenters. The highest BCUT2D eigenvalue weighted by Gasteiger charge is 2.06. The molecule has 20 heavy (non-hydrogen) atoms. The number of aliphatic hydroxyl groups excluding tert-OH is 2. The van der Waals surface area contributed by atoms with E-state index in [-0.39, 0.29) is 25.7 Å². The maximum absolute atomic E-state index is 10.5. The third-order valence-corrected chi connectivity index (χ3v) is 2.57. The van der Waals surface area contributed by atoms with Crippen LogP contribution in [-0.2, 0) is 18.0 Å². The number of hydrogen-bond acceptors (Lipinski definition) is 6. The van der Waals surface area contributed by atoms with Crippen molar-refractivity contribution < 1.29 is 24.9 Å². The highest BCUT2D eigenvalue weighted by atomic mass is 16.5. The average molecular weight is 284 g/mol. The summed E-state index contributed by atoms with van der Waals surface area (Å²) >= 11 is 0. The smallest absolute Gasteiger partial charge is 0.304 e. The van der Waals surface area contributed by atoms with Crippen LogP contribution in [0.3, 0.4) is 0 Å².